The van der Waals surface area contributed by atoms with Gasteiger partial charge in [-0.3, -0.25) is 0 Å². The van der Waals surface area contributed by atoms with Crippen LogP contribution in [0.25, 0.3) is 0 Å². The molecule has 5 heteroatoms. The second-order valence-corrected chi connectivity index (χ2v) is 6.79. The number of hydrogen-bond acceptors (Lipinski definition) is 3. The highest BCUT2D eigenvalue weighted by atomic mass is 19.1. The summed E-state index contributed by atoms with van der Waals surface area (Å²) in [6, 6.07) is 0. The summed E-state index contributed by atoms with van der Waals surface area (Å²) in [5, 5.41) is 0. The largest absolute Gasteiger partial charge is 0.525 e. The molecule has 0 unspecified atom stereocenters. The molecule has 2 saturated heterocycles. The molecule has 0 atom stereocenters. The van der Waals surface area contributed by atoms with Crippen LogP contribution < -0.4 is 0 Å². The molecule has 0 N–H and O–H groups in total. The Kier molecular flexibility index (Phi) is 3.16. The van der Waals surface area contributed by atoms with Crippen LogP contribution in [0.5, 0.6) is 0 Å². The first-order chi connectivity index (χ1) is 8.07. The second kappa shape index (κ2) is 4.05. The molecule has 0 aromatic rings. The van der Waals surface area contributed by atoms with Gasteiger partial charge in [-0.05, 0) is 33.3 Å². The van der Waals surface area contributed by atoms with Crippen molar-refractivity contribution >= 4 is 7.12 Å². The van der Waals surface area contributed by atoms with Crippen LogP contribution in [0.1, 0.15) is 41.5 Å². The van der Waals surface area contributed by atoms with Gasteiger partial charge in [0.1, 0.15) is 5.73 Å². The molecule has 3 nitrogen and oxygen atoms in total. The lowest BCUT2D eigenvalue weighted by Gasteiger charge is -2.32. The van der Waals surface area contributed by atoms with Crippen LogP contribution in [-0.2, 0) is 14.0 Å². The number of ether oxygens (including phenoxy) is 1. The lowest BCUT2D eigenvalue weighted by molar-refractivity contribution is 0.00578. The first-order valence-electron chi connectivity index (χ1n) is 6.39. The van der Waals surface area contributed by atoms with Crippen LogP contribution in [0, 0.1) is 5.41 Å². The van der Waals surface area contributed by atoms with Crippen molar-refractivity contribution in [3.8, 4) is 0 Å². The minimum absolute atomic E-state index is 0.284. The molecule has 2 aliphatic heterocycles. The van der Waals surface area contributed by atoms with Gasteiger partial charge in [-0.25, -0.2) is 4.39 Å². The first kappa shape index (κ1) is 14.0. The average Bonchev–Trinajstić information content (AvgIpc) is 2.63. The summed E-state index contributed by atoms with van der Waals surface area (Å²) >= 11 is 0. The molecule has 2 fully saturated rings. The molecule has 0 aromatic carbocycles. The first-order valence-corrected chi connectivity index (χ1v) is 6.39. The molecule has 0 aliphatic carbocycles. The zero-order valence-corrected chi connectivity index (χ0v) is 12.1. The fraction of sp³-hybridized carbons (Fsp3) is 0.846. The van der Waals surface area contributed by atoms with Crippen LogP contribution in [0.15, 0.2) is 11.3 Å². The summed E-state index contributed by atoms with van der Waals surface area (Å²) < 4.78 is 31.3. The maximum Gasteiger partial charge on any atom is 0.525 e. The molecule has 0 spiro atoms. The van der Waals surface area contributed by atoms with E-state index in [2.05, 4.69) is 0 Å². The van der Waals surface area contributed by atoms with E-state index in [0.717, 1.165) is 0 Å². The Hall–Kier alpha value is -0.385. The van der Waals surface area contributed by atoms with E-state index >= 15 is 0 Å². The third-order valence-electron chi connectivity index (χ3n) is 4.27. The highest BCUT2D eigenvalue weighted by Crippen LogP contribution is 2.42. The molecule has 0 amide bonds. The van der Waals surface area contributed by atoms with Gasteiger partial charge in [-0.15, -0.1) is 0 Å². The molecule has 0 radical (unpaired) electrons. The van der Waals surface area contributed by atoms with Crippen molar-refractivity contribution < 1.29 is 18.4 Å². The molecular formula is C13H22BFO3. The molecule has 102 valence electrons. The fourth-order valence-electron chi connectivity index (χ4n) is 2.17. The third kappa shape index (κ3) is 2.13. The highest BCUT2D eigenvalue weighted by molar-refractivity contribution is 6.53. The van der Waals surface area contributed by atoms with Gasteiger partial charge in [0.2, 0.25) is 0 Å². The van der Waals surface area contributed by atoms with E-state index in [4.69, 9.17) is 14.0 Å². The second-order valence-electron chi connectivity index (χ2n) is 6.79. The van der Waals surface area contributed by atoms with Gasteiger partial charge in [0.25, 0.3) is 0 Å². The van der Waals surface area contributed by atoms with Gasteiger partial charge >= 0.3 is 7.12 Å². The van der Waals surface area contributed by atoms with Crippen molar-refractivity contribution in [2.24, 2.45) is 5.41 Å². The lowest BCUT2D eigenvalue weighted by Crippen LogP contribution is -2.41. The molecule has 2 aliphatic rings. The molecule has 2 rings (SSSR count). The Labute approximate surface area is 109 Å². The normalized spacial score (nSPS) is 31.8. The van der Waals surface area contributed by atoms with Crippen molar-refractivity contribution in [3.05, 3.63) is 11.3 Å². The molecule has 18 heavy (non-hydrogen) atoms. The lowest BCUT2D eigenvalue weighted by atomic mass is 9.77. The summed E-state index contributed by atoms with van der Waals surface area (Å²) in [4.78, 5) is 0. The van der Waals surface area contributed by atoms with Crippen LogP contribution in [-0.4, -0.2) is 31.5 Å². The van der Waals surface area contributed by atoms with Crippen molar-refractivity contribution in [1.82, 2.24) is 0 Å². The summed E-state index contributed by atoms with van der Waals surface area (Å²) in [5.41, 5.74) is -0.983. The Morgan fingerprint density at radius 3 is 1.94 bits per heavy atom. The zero-order chi connectivity index (χ0) is 13.8. The van der Waals surface area contributed by atoms with Crippen LogP contribution in [0.2, 0.25) is 0 Å². The standard InChI is InChI=1S/C13H22BFO3/c1-11(2)8-16-7-9(11)10(15)14-17-12(3,4)13(5,6)18-14/h7-8H2,1-6H3. The highest BCUT2D eigenvalue weighted by Gasteiger charge is 2.54. The molecule has 0 saturated carbocycles. The van der Waals surface area contributed by atoms with Gasteiger partial charge in [-0.1, -0.05) is 13.8 Å². The molecule has 2 heterocycles. The molecule has 0 bridgehead atoms. The van der Waals surface area contributed by atoms with Crippen molar-refractivity contribution in [2.45, 2.75) is 52.7 Å². The van der Waals surface area contributed by atoms with E-state index < -0.39 is 18.3 Å². The van der Waals surface area contributed by atoms with Crippen LogP contribution >= 0.6 is 0 Å². The molecular weight excluding hydrogens is 234 g/mol. The van der Waals surface area contributed by atoms with E-state index in [0.29, 0.717) is 18.8 Å². The van der Waals surface area contributed by atoms with E-state index in [1.165, 1.54) is 0 Å². The number of halogens is 1. The van der Waals surface area contributed by atoms with E-state index in [1.807, 2.05) is 41.5 Å². The summed E-state index contributed by atoms with van der Waals surface area (Å²) in [5.74, 6) is 0. The Morgan fingerprint density at radius 1 is 1.06 bits per heavy atom. The maximum atomic E-state index is 14.5. The van der Waals surface area contributed by atoms with E-state index in [1.54, 1.807) is 0 Å². The van der Waals surface area contributed by atoms with Crippen LogP contribution in [0.4, 0.5) is 4.39 Å². The SMILES string of the molecule is CC1(C)COCC1=C(F)B1OC(C)(C)C(C)(C)O1. The van der Waals surface area contributed by atoms with E-state index in [9.17, 15) is 4.39 Å². The smallest absolute Gasteiger partial charge is 0.398 e. The summed E-state index contributed by atoms with van der Waals surface area (Å²) in [6.07, 6.45) is 0. The zero-order valence-electron chi connectivity index (χ0n) is 12.1. The minimum atomic E-state index is -0.911. The average molecular weight is 256 g/mol. The topological polar surface area (TPSA) is 27.7 Å². The van der Waals surface area contributed by atoms with Crippen LogP contribution in [0.3, 0.4) is 0 Å². The predicted octanol–water partition coefficient (Wildman–Crippen LogP) is 2.90. The maximum absolute atomic E-state index is 14.5. The summed E-state index contributed by atoms with van der Waals surface area (Å²) in [6.45, 7) is 12.5. The quantitative estimate of drug-likeness (QED) is 0.675. The van der Waals surface area contributed by atoms with Gasteiger partial charge in [0.05, 0.1) is 24.4 Å². The van der Waals surface area contributed by atoms with Gasteiger partial charge in [0.15, 0.2) is 0 Å². The number of rotatable bonds is 1. The third-order valence-corrected chi connectivity index (χ3v) is 4.27. The van der Waals surface area contributed by atoms with Crippen molar-refractivity contribution in [2.75, 3.05) is 13.2 Å². The van der Waals surface area contributed by atoms with Crippen molar-refractivity contribution in [1.29, 1.82) is 0 Å². The Balaban J connectivity index is 2.27. The molecule has 0 aromatic heterocycles. The Bertz CT molecular complexity index is 372. The van der Waals surface area contributed by atoms with Gasteiger partial charge in [-0.2, -0.15) is 0 Å². The minimum Gasteiger partial charge on any atom is -0.398 e. The fourth-order valence-corrected chi connectivity index (χ4v) is 2.17. The monoisotopic (exact) mass is 256 g/mol. The van der Waals surface area contributed by atoms with Crippen molar-refractivity contribution in [3.63, 3.8) is 0 Å². The summed E-state index contributed by atoms with van der Waals surface area (Å²) in [7, 11) is -0.911. The van der Waals surface area contributed by atoms with Gasteiger partial charge in [0, 0.05) is 5.41 Å². The Morgan fingerprint density at radius 2 is 1.56 bits per heavy atom. The van der Waals surface area contributed by atoms with Gasteiger partial charge < -0.3 is 14.0 Å². The van der Waals surface area contributed by atoms with E-state index in [-0.39, 0.29) is 11.1 Å². The number of hydrogen-bond donors (Lipinski definition) is 0. The predicted molar refractivity (Wildman–Crippen MR) is 68.8 cm³/mol.